The lowest BCUT2D eigenvalue weighted by molar-refractivity contribution is 0.198. The predicted octanol–water partition coefficient (Wildman–Crippen LogP) is 3.05. The number of benzene rings is 1. The molecule has 1 aliphatic rings. The Morgan fingerprint density at radius 3 is 2.94 bits per heavy atom. The van der Waals surface area contributed by atoms with Crippen LogP contribution in [0.2, 0.25) is 5.02 Å². The molecule has 4 heteroatoms. The van der Waals surface area contributed by atoms with Crippen molar-refractivity contribution in [2.45, 2.75) is 38.9 Å². The Kier molecular flexibility index (Phi) is 4.60. The first-order valence-corrected chi connectivity index (χ1v) is 6.85. The molecule has 1 aliphatic heterocycles. The number of nitrogens with zero attached hydrogens (tertiary/aromatic N) is 1. The standard InChI is InChI=1S/C14H20ClFN2/c1-10-8-18(11(2)5-6-17-10)9-12-3-4-13(15)14(16)7-12/h3-4,7,10-11,17H,5-6,8-9H2,1-2H3. The predicted molar refractivity (Wildman–Crippen MR) is 73.4 cm³/mol. The van der Waals surface area contributed by atoms with Crippen LogP contribution in [0.15, 0.2) is 18.2 Å². The molecule has 0 radical (unpaired) electrons. The van der Waals surface area contributed by atoms with Crippen LogP contribution in [-0.4, -0.2) is 30.1 Å². The highest BCUT2D eigenvalue weighted by atomic mass is 35.5. The summed E-state index contributed by atoms with van der Waals surface area (Å²) in [6.45, 7) is 7.24. The van der Waals surface area contributed by atoms with E-state index >= 15 is 0 Å². The summed E-state index contributed by atoms with van der Waals surface area (Å²) in [5.74, 6) is -0.331. The molecule has 2 atom stereocenters. The summed E-state index contributed by atoms with van der Waals surface area (Å²) in [6, 6.07) is 6.07. The first-order valence-electron chi connectivity index (χ1n) is 6.47. The zero-order valence-corrected chi connectivity index (χ0v) is 11.7. The molecule has 1 saturated heterocycles. The maximum absolute atomic E-state index is 13.4. The van der Waals surface area contributed by atoms with Crippen LogP contribution < -0.4 is 5.32 Å². The molecule has 1 aromatic rings. The molecule has 18 heavy (non-hydrogen) atoms. The lowest BCUT2D eigenvalue weighted by Crippen LogP contribution is -2.38. The molecule has 1 aromatic carbocycles. The van der Waals surface area contributed by atoms with Gasteiger partial charge in [0.15, 0.2) is 0 Å². The van der Waals surface area contributed by atoms with Gasteiger partial charge in [-0.15, -0.1) is 0 Å². The van der Waals surface area contributed by atoms with Crippen molar-refractivity contribution in [3.63, 3.8) is 0 Å². The molecule has 1 fully saturated rings. The van der Waals surface area contributed by atoms with E-state index in [1.165, 1.54) is 6.07 Å². The van der Waals surface area contributed by atoms with E-state index in [9.17, 15) is 4.39 Å². The van der Waals surface area contributed by atoms with Crippen LogP contribution >= 0.6 is 11.6 Å². The molecule has 0 bridgehead atoms. The van der Waals surface area contributed by atoms with Gasteiger partial charge in [0.1, 0.15) is 5.82 Å². The molecule has 0 aliphatic carbocycles. The van der Waals surface area contributed by atoms with E-state index in [1.54, 1.807) is 6.07 Å². The molecule has 0 amide bonds. The van der Waals surface area contributed by atoms with Gasteiger partial charge in [0.2, 0.25) is 0 Å². The van der Waals surface area contributed by atoms with Crippen molar-refractivity contribution in [2.75, 3.05) is 13.1 Å². The smallest absolute Gasteiger partial charge is 0.142 e. The summed E-state index contributed by atoms with van der Waals surface area (Å²) in [6.07, 6.45) is 1.13. The summed E-state index contributed by atoms with van der Waals surface area (Å²) < 4.78 is 13.4. The van der Waals surface area contributed by atoms with Crippen LogP contribution in [0.3, 0.4) is 0 Å². The zero-order valence-electron chi connectivity index (χ0n) is 10.9. The highest BCUT2D eigenvalue weighted by Gasteiger charge is 2.20. The van der Waals surface area contributed by atoms with Crippen molar-refractivity contribution in [1.29, 1.82) is 0 Å². The van der Waals surface area contributed by atoms with Gasteiger partial charge in [-0.25, -0.2) is 4.39 Å². The normalized spacial score (nSPS) is 26.0. The van der Waals surface area contributed by atoms with Crippen LogP contribution in [-0.2, 0) is 6.54 Å². The summed E-state index contributed by atoms with van der Waals surface area (Å²) in [7, 11) is 0. The van der Waals surface area contributed by atoms with Crippen LogP contribution in [0.25, 0.3) is 0 Å². The van der Waals surface area contributed by atoms with Gasteiger partial charge in [-0.2, -0.15) is 0 Å². The van der Waals surface area contributed by atoms with E-state index in [1.807, 2.05) is 6.07 Å². The van der Waals surface area contributed by atoms with Crippen molar-refractivity contribution in [2.24, 2.45) is 0 Å². The molecule has 0 saturated carbocycles. The third-order valence-corrected chi connectivity index (χ3v) is 3.86. The summed E-state index contributed by atoms with van der Waals surface area (Å²) >= 11 is 5.70. The van der Waals surface area contributed by atoms with E-state index in [2.05, 4.69) is 24.1 Å². The number of rotatable bonds is 2. The Bertz CT molecular complexity index is 411. The monoisotopic (exact) mass is 270 g/mol. The van der Waals surface area contributed by atoms with Crippen molar-refractivity contribution in [3.05, 3.63) is 34.6 Å². The fourth-order valence-electron chi connectivity index (χ4n) is 2.41. The number of nitrogens with one attached hydrogen (secondary N) is 1. The SMILES string of the molecule is CC1CN(Cc2ccc(Cl)c(F)c2)C(C)CCN1. The van der Waals surface area contributed by atoms with E-state index in [4.69, 9.17) is 11.6 Å². The third-order valence-electron chi connectivity index (χ3n) is 3.56. The fraction of sp³-hybridized carbons (Fsp3) is 0.571. The molecule has 100 valence electrons. The van der Waals surface area contributed by atoms with Gasteiger partial charge in [-0.05, 0) is 44.5 Å². The van der Waals surface area contributed by atoms with E-state index in [-0.39, 0.29) is 10.8 Å². The topological polar surface area (TPSA) is 15.3 Å². The summed E-state index contributed by atoms with van der Waals surface area (Å²) in [5.41, 5.74) is 0.984. The highest BCUT2D eigenvalue weighted by Crippen LogP contribution is 2.19. The molecule has 0 aromatic heterocycles. The van der Waals surface area contributed by atoms with Gasteiger partial charge < -0.3 is 5.32 Å². The highest BCUT2D eigenvalue weighted by molar-refractivity contribution is 6.30. The van der Waals surface area contributed by atoms with Gasteiger partial charge in [0, 0.05) is 25.2 Å². The molecule has 1 N–H and O–H groups in total. The van der Waals surface area contributed by atoms with Crippen LogP contribution in [0.1, 0.15) is 25.8 Å². The maximum Gasteiger partial charge on any atom is 0.142 e. The minimum atomic E-state index is -0.331. The average molecular weight is 271 g/mol. The van der Waals surface area contributed by atoms with Gasteiger partial charge in [-0.1, -0.05) is 17.7 Å². The Morgan fingerprint density at radius 2 is 2.22 bits per heavy atom. The minimum Gasteiger partial charge on any atom is -0.313 e. The maximum atomic E-state index is 13.4. The second-order valence-corrected chi connectivity index (χ2v) is 5.58. The van der Waals surface area contributed by atoms with E-state index in [0.717, 1.165) is 31.6 Å². The largest absolute Gasteiger partial charge is 0.313 e. The molecular formula is C14H20ClFN2. The lowest BCUT2D eigenvalue weighted by Gasteiger charge is -2.28. The Balaban J connectivity index is 2.08. The number of hydrogen-bond acceptors (Lipinski definition) is 2. The second-order valence-electron chi connectivity index (χ2n) is 5.17. The zero-order chi connectivity index (χ0) is 13.1. The van der Waals surface area contributed by atoms with Crippen molar-refractivity contribution in [3.8, 4) is 0 Å². The van der Waals surface area contributed by atoms with Crippen molar-refractivity contribution in [1.82, 2.24) is 10.2 Å². The molecule has 2 nitrogen and oxygen atoms in total. The van der Waals surface area contributed by atoms with Gasteiger partial charge in [-0.3, -0.25) is 4.90 Å². The first kappa shape index (κ1) is 13.8. The van der Waals surface area contributed by atoms with Crippen LogP contribution in [0.5, 0.6) is 0 Å². The molecule has 0 spiro atoms. The average Bonchev–Trinajstić information content (AvgIpc) is 2.47. The Labute approximate surface area is 113 Å². The minimum absolute atomic E-state index is 0.192. The second kappa shape index (κ2) is 6.00. The Morgan fingerprint density at radius 1 is 1.44 bits per heavy atom. The Hall–Kier alpha value is -0.640. The fourth-order valence-corrected chi connectivity index (χ4v) is 2.53. The summed E-state index contributed by atoms with van der Waals surface area (Å²) in [5, 5.41) is 3.67. The van der Waals surface area contributed by atoms with Gasteiger partial charge in [0.05, 0.1) is 5.02 Å². The van der Waals surface area contributed by atoms with E-state index < -0.39 is 0 Å². The molecule has 2 unspecified atom stereocenters. The lowest BCUT2D eigenvalue weighted by atomic mass is 10.1. The quantitative estimate of drug-likeness (QED) is 0.889. The third kappa shape index (κ3) is 3.44. The van der Waals surface area contributed by atoms with Crippen molar-refractivity contribution < 1.29 is 4.39 Å². The van der Waals surface area contributed by atoms with Crippen LogP contribution in [0, 0.1) is 5.82 Å². The number of hydrogen-bond donors (Lipinski definition) is 1. The number of halogens is 2. The summed E-state index contributed by atoms with van der Waals surface area (Å²) in [4.78, 5) is 2.40. The first-order chi connectivity index (χ1) is 8.56. The molecule has 2 rings (SSSR count). The van der Waals surface area contributed by atoms with Crippen LogP contribution in [0.4, 0.5) is 4.39 Å². The van der Waals surface area contributed by atoms with Gasteiger partial charge in [0.25, 0.3) is 0 Å². The van der Waals surface area contributed by atoms with Gasteiger partial charge >= 0.3 is 0 Å². The van der Waals surface area contributed by atoms with Crippen molar-refractivity contribution >= 4 is 11.6 Å². The molecule has 1 heterocycles. The van der Waals surface area contributed by atoms with E-state index in [0.29, 0.717) is 12.1 Å². The molecular weight excluding hydrogens is 251 g/mol.